The number of amides is 1. The third-order valence-electron chi connectivity index (χ3n) is 3.59. The molecule has 24 heavy (non-hydrogen) atoms. The number of carbonyl (C=O) groups excluding carboxylic acids is 1. The molecular weight excluding hydrogens is 306 g/mol. The monoisotopic (exact) mass is 323 g/mol. The number of ether oxygens (including phenoxy) is 1. The summed E-state index contributed by atoms with van der Waals surface area (Å²) >= 11 is 0. The molecule has 0 spiro atoms. The summed E-state index contributed by atoms with van der Waals surface area (Å²) in [6, 6.07) is 17.8. The summed E-state index contributed by atoms with van der Waals surface area (Å²) in [4.78, 5) is 23.4. The number of rotatable bonds is 5. The molecule has 122 valence electrons. The molecule has 0 aliphatic carbocycles. The largest absolute Gasteiger partial charge is 0.481 e. The molecule has 5 nitrogen and oxygen atoms in total. The van der Waals surface area contributed by atoms with Gasteiger partial charge >= 0.3 is 5.63 Å². The van der Waals surface area contributed by atoms with Crippen LogP contribution in [-0.2, 0) is 11.3 Å². The van der Waals surface area contributed by atoms with Crippen molar-refractivity contribution in [1.29, 1.82) is 0 Å². The van der Waals surface area contributed by atoms with Gasteiger partial charge in [0.25, 0.3) is 5.91 Å². The number of hydrogen-bond donors (Lipinski definition) is 1. The van der Waals surface area contributed by atoms with E-state index in [-0.39, 0.29) is 5.91 Å². The van der Waals surface area contributed by atoms with Crippen LogP contribution >= 0.6 is 0 Å². The van der Waals surface area contributed by atoms with Crippen molar-refractivity contribution < 1.29 is 13.9 Å². The summed E-state index contributed by atoms with van der Waals surface area (Å²) in [6.45, 7) is 2.12. The zero-order valence-electron chi connectivity index (χ0n) is 13.2. The topological polar surface area (TPSA) is 68.5 Å². The first-order valence-corrected chi connectivity index (χ1v) is 7.64. The van der Waals surface area contributed by atoms with Gasteiger partial charge in [0.15, 0.2) is 6.10 Å². The molecule has 1 atom stereocenters. The lowest BCUT2D eigenvalue weighted by Crippen LogP contribution is -2.35. The van der Waals surface area contributed by atoms with Gasteiger partial charge < -0.3 is 14.5 Å². The highest BCUT2D eigenvalue weighted by Crippen LogP contribution is 2.20. The third kappa shape index (κ3) is 3.81. The van der Waals surface area contributed by atoms with Crippen molar-refractivity contribution in [3.63, 3.8) is 0 Å². The molecule has 2 aromatic carbocycles. The minimum Gasteiger partial charge on any atom is -0.481 e. The molecule has 0 fully saturated rings. The van der Waals surface area contributed by atoms with Crippen LogP contribution in [0.5, 0.6) is 5.75 Å². The SMILES string of the molecule is CC(Oc1ccc2ccc(=O)oc2c1)C(=O)NCc1ccccc1. The maximum atomic E-state index is 12.1. The van der Waals surface area contributed by atoms with Gasteiger partial charge in [-0.15, -0.1) is 0 Å². The van der Waals surface area contributed by atoms with Crippen LogP contribution in [0.1, 0.15) is 12.5 Å². The molecule has 0 aliphatic heterocycles. The predicted octanol–water partition coefficient (Wildman–Crippen LogP) is 2.88. The molecule has 3 rings (SSSR count). The second-order valence-corrected chi connectivity index (χ2v) is 5.42. The molecule has 0 aliphatic rings. The Morgan fingerprint density at radius 3 is 2.67 bits per heavy atom. The second kappa shape index (κ2) is 7.00. The summed E-state index contributed by atoms with van der Waals surface area (Å²) in [7, 11) is 0. The Hall–Kier alpha value is -3.08. The van der Waals surface area contributed by atoms with Crippen molar-refractivity contribution in [2.24, 2.45) is 0 Å². The molecule has 1 aromatic heterocycles. The lowest BCUT2D eigenvalue weighted by Gasteiger charge is -2.15. The Balaban J connectivity index is 1.64. The van der Waals surface area contributed by atoms with Crippen molar-refractivity contribution in [1.82, 2.24) is 5.32 Å². The molecule has 0 bridgehead atoms. The van der Waals surface area contributed by atoms with Crippen LogP contribution in [0.4, 0.5) is 0 Å². The van der Waals surface area contributed by atoms with Gasteiger partial charge in [0.2, 0.25) is 0 Å². The van der Waals surface area contributed by atoms with Gasteiger partial charge in [0.05, 0.1) is 0 Å². The van der Waals surface area contributed by atoms with Gasteiger partial charge in [-0.05, 0) is 30.7 Å². The van der Waals surface area contributed by atoms with E-state index >= 15 is 0 Å². The minimum absolute atomic E-state index is 0.214. The third-order valence-corrected chi connectivity index (χ3v) is 3.59. The zero-order valence-corrected chi connectivity index (χ0v) is 13.2. The van der Waals surface area contributed by atoms with Crippen molar-refractivity contribution in [3.05, 3.63) is 76.6 Å². The maximum absolute atomic E-state index is 12.1. The van der Waals surface area contributed by atoms with Crippen LogP contribution in [0.25, 0.3) is 11.0 Å². The van der Waals surface area contributed by atoms with Crippen molar-refractivity contribution in [3.8, 4) is 5.75 Å². The molecule has 1 unspecified atom stereocenters. The summed E-state index contributed by atoms with van der Waals surface area (Å²) in [5.74, 6) is 0.257. The van der Waals surface area contributed by atoms with Gasteiger partial charge in [-0.25, -0.2) is 4.79 Å². The maximum Gasteiger partial charge on any atom is 0.336 e. The number of hydrogen-bond acceptors (Lipinski definition) is 4. The van der Waals surface area contributed by atoms with Crippen molar-refractivity contribution in [2.45, 2.75) is 19.6 Å². The lowest BCUT2D eigenvalue weighted by molar-refractivity contribution is -0.127. The summed E-state index contributed by atoms with van der Waals surface area (Å²) in [6.07, 6.45) is -0.665. The average Bonchev–Trinajstić information content (AvgIpc) is 2.60. The first kappa shape index (κ1) is 15.8. The molecule has 0 saturated carbocycles. The van der Waals surface area contributed by atoms with E-state index in [1.165, 1.54) is 6.07 Å². The Labute approximate surface area is 138 Å². The van der Waals surface area contributed by atoms with Crippen LogP contribution in [0, 0.1) is 0 Å². The van der Waals surface area contributed by atoms with Crippen LogP contribution in [0.2, 0.25) is 0 Å². The summed E-state index contributed by atoms with van der Waals surface area (Å²) < 4.78 is 10.8. The Kier molecular flexibility index (Phi) is 4.61. The molecule has 1 amide bonds. The Morgan fingerprint density at radius 1 is 1.12 bits per heavy atom. The van der Waals surface area contributed by atoms with Crippen LogP contribution in [0.15, 0.2) is 69.9 Å². The first-order chi connectivity index (χ1) is 11.6. The second-order valence-electron chi connectivity index (χ2n) is 5.42. The molecule has 1 N–H and O–H groups in total. The highest BCUT2D eigenvalue weighted by atomic mass is 16.5. The first-order valence-electron chi connectivity index (χ1n) is 7.64. The molecule has 3 aromatic rings. The van der Waals surface area contributed by atoms with E-state index in [1.54, 1.807) is 31.2 Å². The van der Waals surface area contributed by atoms with E-state index in [0.29, 0.717) is 17.9 Å². The van der Waals surface area contributed by atoms with Crippen LogP contribution in [0.3, 0.4) is 0 Å². The molecule has 1 heterocycles. The highest BCUT2D eigenvalue weighted by molar-refractivity contribution is 5.81. The fourth-order valence-corrected chi connectivity index (χ4v) is 2.30. The Bertz CT molecular complexity index is 902. The number of carbonyl (C=O) groups is 1. The van der Waals surface area contributed by atoms with Gasteiger partial charge in [-0.2, -0.15) is 0 Å². The van der Waals surface area contributed by atoms with E-state index in [0.717, 1.165) is 10.9 Å². The van der Waals surface area contributed by atoms with E-state index in [4.69, 9.17) is 9.15 Å². The quantitative estimate of drug-likeness (QED) is 0.733. The van der Waals surface area contributed by atoms with Gasteiger partial charge in [0.1, 0.15) is 11.3 Å². The van der Waals surface area contributed by atoms with Gasteiger partial charge in [0, 0.05) is 24.1 Å². The molecule has 0 saturated heterocycles. The van der Waals surface area contributed by atoms with E-state index in [9.17, 15) is 9.59 Å². The molecule has 5 heteroatoms. The van der Waals surface area contributed by atoms with Crippen molar-refractivity contribution >= 4 is 16.9 Å². The number of benzene rings is 2. The van der Waals surface area contributed by atoms with Crippen LogP contribution in [-0.4, -0.2) is 12.0 Å². The van der Waals surface area contributed by atoms with E-state index < -0.39 is 11.7 Å². The summed E-state index contributed by atoms with van der Waals surface area (Å²) in [5.41, 5.74) is 1.02. The lowest BCUT2D eigenvalue weighted by atomic mass is 10.2. The zero-order chi connectivity index (χ0) is 16.9. The normalized spacial score (nSPS) is 11.9. The molecular formula is C19H17NO4. The molecule has 0 radical (unpaired) electrons. The minimum atomic E-state index is -0.665. The fourth-order valence-electron chi connectivity index (χ4n) is 2.30. The fraction of sp³-hybridized carbons (Fsp3) is 0.158. The number of nitrogens with one attached hydrogen (secondary N) is 1. The standard InChI is InChI=1S/C19H17NO4/c1-13(19(22)20-12-14-5-3-2-4-6-14)23-16-9-7-15-8-10-18(21)24-17(15)11-16/h2-11,13H,12H2,1H3,(H,20,22). The van der Waals surface area contributed by atoms with Crippen LogP contribution < -0.4 is 15.7 Å². The highest BCUT2D eigenvalue weighted by Gasteiger charge is 2.14. The van der Waals surface area contributed by atoms with Crippen molar-refractivity contribution in [2.75, 3.05) is 0 Å². The smallest absolute Gasteiger partial charge is 0.336 e. The predicted molar refractivity (Wildman–Crippen MR) is 90.9 cm³/mol. The van der Waals surface area contributed by atoms with E-state index in [1.807, 2.05) is 30.3 Å². The number of fused-ring (bicyclic) bond motifs is 1. The van der Waals surface area contributed by atoms with E-state index in [2.05, 4.69) is 5.32 Å². The van der Waals surface area contributed by atoms with Gasteiger partial charge in [-0.1, -0.05) is 30.3 Å². The summed E-state index contributed by atoms with van der Waals surface area (Å²) in [5, 5.41) is 3.62. The Morgan fingerprint density at radius 2 is 1.88 bits per heavy atom. The average molecular weight is 323 g/mol. The van der Waals surface area contributed by atoms with Gasteiger partial charge in [-0.3, -0.25) is 4.79 Å².